The van der Waals surface area contributed by atoms with Crippen molar-refractivity contribution in [2.75, 3.05) is 5.32 Å². The van der Waals surface area contributed by atoms with Gasteiger partial charge in [0.05, 0.1) is 11.1 Å². The number of anilines is 1. The molecule has 0 saturated heterocycles. The quantitative estimate of drug-likeness (QED) is 0.655. The molecule has 0 unspecified atom stereocenters. The molecule has 0 spiro atoms. The lowest BCUT2D eigenvalue weighted by Crippen LogP contribution is -2.40. The lowest BCUT2D eigenvalue weighted by atomic mass is 9.91. The second-order valence-corrected chi connectivity index (χ2v) is 7.63. The summed E-state index contributed by atoms with van der Waals surface area (Å²) in [5, 5.41) is 7.48. The molecule has 3 aromatic rings. The van der Waals surface area contributed by atoms with Gasteiger partial charge in [0.15, 0.2) is 0 Å². The van der Waals surface area contributed by atoms with Crippen molar-refractivity contribution >= 4 is 22.6 Å². The van der Waals surface area contributed by atoms with Crippen LogP contribution in [0.15, 0.2) is 48.5 Å². The predicted octanol–water partition coefficient (Wildman–Crippen LogP) is 4.97. The third kappa shape index (κ3) is 4.36. The number of amides is 1. The van der Waals surface area contributed by atoms with Crippen LogP contribution in [0.1, 0.15) is 41.6 Å². The minimum atomic E-state index is -0.711. The molecule has 0 aliphatic heterocycles. The van der Waals surface area contributed by atoms with Gasteiger partial charge >= 0.3 is 0 Å². The standard InChI is InChI=1S/C23H23F2N3O/c1-14-12-22(28-21-5-3-2-4-18(14)21)26-16-7-9-17(10-8-16)27-23(29)19-13-15(24)6-11-20(19)25/h2-6,11-13,16-17H,7-10H2,1H3,(H,26,28)(H,27,29)/t16-,17+. The van der Waals surface area contributed by atoms with Gasteiger partial charge in [-0.15, -0.1) is 0 Å². The Kier molecular flexibility index (Phi) is 5.43. The molecule has 29 heavy (non-hydrogen) atoms. The Morgan fingerprint density at radius 2 is 1.72 bits per heavy atom. The molecule has 0 bridgehead atoms. The normalized spacial score (nSPS) is 19.1. The largest absolute Gasteiger partial charge is 0.367 e. The first-order valence-electron chi connectivity index (χ1n) is 9.88. The molecule has 0 radical (unpaired) electrons. The maximum atomic E-state index is 13.8. The highest BCUT2D eigenvalue weighted by molar-refractivity contribution is 5.94. The number of aromatic nitrogens is 1. The fourth-order valence-electron chi connectivity index (χ4n) is 3.95. The average Bonchev–Trinajstić information content (AvgIpc) is 2.71. The average molecular weight is 395 g/mol. The van der Waals surface area contributed by atoms with Crippen molar-refractivity contribution in [3.8, 4) is 0 Å². The number of benzene rings is 2. The van der Waals surface area contributed by atoms with Crippen LogP contribution in [0, 0.1) is 18.6 Å². The van der Waals surface area contributed by atoms with Crippen molar-refractivity contribution in [1.29, 1.82) is 0 Å². The fraction of sp³-hybridized carbons (Fsp3) is 0.304. The van der Waals surface area contributed by atoms with E-state index in [4.69, 9.17) is 4.98 Å². The third-order valence-electron chi connectivity index (χ3n) is 5.51. The minimum absolute atomic E-state index is 0.0467. The highest BCUT2D eigenvalue weighted by atomic mass is 19.1. The smallest absolute Gasteiger partial charge is 0.254 e. The van der Waals surface area contributed by atoms with Crippen molar-refractivity contribution in [1.82, 2.24) is 10.3 Å². The van der Waals surface area contributed by atoms with Crippen molar-refractivity contribution < 1.29 is 13.6 Å². The Balaban J connectivity index is 1.35. The van der Waals surface area contributed by atoms with Gasteiger partial charge in [-0.25, -0.2) is 13.8 Å². The van der Waals surface area contributed by atoms with Gasteiger partial charge in [-0.1, -0.05) is 18.2 Å². The van der Waals surface area contributed by atoms with Gasteiger partial charge in [0.25, 0.3) is 5.91 Å². The van der Waals surface area contributed by atoms with E-state index in [9.17, 15) is 13.6 Å². The molecule has 6 heteroatoms. The number of rotatable bonds is 4. The van der Waals surface area contributed by atoms with Crippen LogP contribution >= 0.6 is 0 Å². The number of aryl methyl sites for hydroxylation is 1. The predicted molar refractivity (Wildman–Crippen MR) is 110 cm³/mol. The van der Waals surface area contributed by atoms with Crippen molar-refractivity contribution in [3.05, 3.63) is 71.3 Å². The fourth-order valence-corrected chi connectivity index (χ4v) is 3.95. The Labute approximate surface area is 168 Å². The third-order valence-corrected chi connectivity index (χ3v) is 5.51. The molecular weight excluding hydrogens is 372 g/mol. The van der Waals surface area contributed by atoms with Gasteiger partial charge < -0.3 is 10.6 Å². The number of carbonyl (C=O) groups is 1. The number of fused-ring (bicyclic) bond motifs is 1. The van der Waals surface area contributed by atoms with Gasteiger partial charge in [-0.05, 0) is 68.5 Å². The highest BCUT2D eigenvalue weighted by Gasteiger charge is 2.24. The summed E-state index contributed by atoms with van der Waals surface area (Å²) < 4.78 is 27.1. The first-order chi connectivity index (χ1) is 14.0. The van der Waals surface area contributed by atoms with Gasteiger partial charge in [0.2, 0.25) is 0 Å². The monoisotopic (exact) mass is 395 g/mol. The molecule has 4 rings (SSSR count). The zero-order valence-corrected chi connectivity index (χ0v) is 16.2. The summed E-state index contributed by atoms with van der Waals surface area (Å²) in [6, 6.07) is 13.3. The number of halogens is 2. The summed E-state index contributed by atoms with van der Waals surface area (Å²) in [6.45, 7) is 2.08. The number of pyridine rings is 1. The van der Waals surface area contributed by atoms with Gasteiger partial charge in [0, 0.05) is 17.5 Å². The van der Waals surface area contributed by atoms with Crippen LogP contribution in [0.4, 0.5) is 14.6 Å². The molecule has 2 N–H and O–H groups in total. The maximum absolute atomic E-state index is 13.8. The van der Waals surface area contributed by atoms with E-state index in [1.54, 1.807) is 0 Å². The highest BCUT2D eigenvalue weighted by Crippen LogP contribution is 2.25. The number of para-hydroxylation sites is 1. The first kappa shape index (κ1) is 19.3. The first-order valence-corrected chi connectivity index (χ1v) is 9.88. The van der Waals surface area contributed by atoms with E-state index in [0.29, 0.717) is 0 Å². The van der Waals surface area contributed by atoms with Crippen LogP contribution in [0.5, 0.6) is 0 Å². The van der Waals surface area contributed by atoms with E-state index in [1.165, 1.54) is 5.56 Å². The molecule has 1 fully saturated rings. The summed E-state index contributed by atoms with van der Waals surface area (Å²) in [6.07, 6.45) is 3.27. The topological polar surface area (TPSA) is 54.0 Å². The van der Waals surface area contributed by atoms with Gasteiger partial charge in [0.1, 0.15) is 17.5 Å². The number of nitrogens with zero attached hydrogens (tertiary/aromatic N) is 1. The molecular formula is C23H23F2N3O. The summed E-state index contributed by atoms with van der Waals surface area (Å²) in [5.41, 5.74) is 1.89. The van der Waals surface area contributed by atoms with Crippen LogP contribution in [0.25, 0.3) is 10.9 Å². The molecule has 1 aliphatic rings. The second kappa shape index (κ2) is 8.15. The lowest BCUT2D eigenvalue weighted by Gasteiger charge is -2.30. The van der Waals surface area contributed by atoms with Crippen LogP contribution < -0.4 is 10.6 Å². The van der Waals surface area contributed by atoms with Crippen LogP contribution in [-0.2, 0) is 0 Å². The Morgan fingerprint density at radius 1 is 1.00 bits per heavy atom. The zero-order valence-electron chi connectivity index (χ0n) is 16.2. The summed E-state index contributed by atoms with van der Waals surface area (Å²) in [5.74, 6) is -1.04. The molecule has 2 aromatic carbocycles. The molecule has 4 nitrogen and oxygen atoms in total. The van der Waals surface area contributed by atoms with Crippen molar-refractivity contribution in [2.45, 2.75) is 44.7 Å². The van der Waals surface area contributed by atoms with E-state index in [-0.39, 0.29) is 17.6 Å². The molecule has 1 heterocycles. The maximum Gasteiger partial charge on any atom is 0.254 e. The van der Waals surface area contributed by atoms with Crippen molar-refractivity contribution in [2.24, 2.45) is 0 Å². The second-order valence-electron chi connectivity index (χ2n) is 7.63. The summed E-state index contributed by atoms with van der Waals surface area (Å²) in [4.78, 5) is 17.0. The minimum Gasteiger partial charge on any atom is -0.367 e. The molecule has 1 aromatic heterocycles. The number of hydrogen-bond acceptors (Lipinski definition) is 3. The Hall–Kier alpha value is -3.02. The van der Waals surface area contributed by atoms with E-state index in [0.717, 1.165) is 60.6 Å². The molecule has 1 aliphatic carbocycles. The summed E-state index contributed by atoms with van der Waals surface area (Å²) >= 11 is 0. The Bertz CT molecular complexity index is 1050. The lowest BCUT2D eigenvalue weighted by molar-refractivity contribution is 0.0922. The van der Waals surface area contributed by atoms with Crippen LogP contribution in [0.2, 0.25) is 0 Å². The van der Waals surface area contributed by atoms with Crippen molar-refractivity contribution in [3.63, 3.8) is 0 Å². The van der Waals surface area contributed by atoms with Gasteiger partial charge in [-0.2, -0.15) is 0 Å². The summed E-state index contributed by atoms with van der Waals surface area (Å²) in [7, 11) is 0. The number of carbonyl (C=O) groups excluding carboxylic acids is 1. The van der Waals surface area contributed by atoms with Crippen LogP contribution in [-0.4, -0.2) is 23.0 Å². The van der Waals surface area contributed by atoms with E-state index in [2.05, 4.69) is 29.7 Å². The van der Waals surface area contributed by atoms with E-state index in [1.807, 2.05) is 18.2 Å². The molecule has 0 atom stereocenters. The molecule has 150 valence electrons. The van der Waals surface area contributed by atoms with Crippen LogP contribution in [0.3, 0.4) is 0 Å². The number of nitrogens with one attached hydrogen (secondary N) is 2. The molecule has 1 amide bonds. The van der Waals surface area contributed by atoms with E-state index < -0.39 is 17.5 Å². The number of hydrogen-bond donors (Lipinski definition) is 2. The SMILES string of the molecule is Cc1cc(N[C@H]2CC[C@@H](NC(=O)c3cc(F)ccc3F)CC2)nc2ccccc12. The Morgan fingerprint density at radius 3 is 2.52 bits per heavy atom. The molecule has 1 saturated carbocycles. The van der Waals surface area contributed by atoms with Gasteiger partial charge in [-0.3, -0.25) is 4.79 Å². The van der Waals surface area contributed by atoms with E-state index >= 15 is 0 Å². The zero-order chi connectivity index (χ0) is 20.4.